The highest BCUT2D eigenvalue weighted by molar-refractivity contribution is 7.92. The number of hydrogen-bond donors (Lipinski definition) is 0. The van der Waals surface area contributed by atoms with Gasteiger partial charge in [-0.05, 0) is 73.4 Å². The summed E-state index contributed by atoms with van der Waals surface area (Å²) in [6.45, 7) is 0. The first kappa shape index (κ1) is 24.3. The summed E-state index contributed by atoms with van der Waals surface area (Å²) >= 11 is 12.2. The molecular weight excluding hydrogens is 479 g/mol. The molecule has 1 heterocycles. The average Bonchev–Trinajstić information content (AvgIpc) is 2.76. The molecule has 3 aromatic rings. The quantitative estimate of drug-likeness (QED) is 0.263. The highest BCUT2D eigenvalue weighted by Crippen LogP contribution is 2.40. The molecule has 168 valence electrons. The number of carbonyl (C=O) groups is 1. The molecule has 1 unspecified atom stereocenters. The van der Waals surface area contributed by atoms with Crippen molar-refractivity contribution in [2.24, 2.45) is 0 Å². The lowest BCUT2D eigenvalue weighted by Gasteiger charge is -2.21. The van der Waals surface area contributed by atoms with E-state index in [9.17, 15) is 22.0 Å². The predicted molar refractivity (Wildman–Crippen MR) is 120 cm³/mol. The van der Waals surface area contributed by atoms with Gasteiger partial charge in [0, 0.05) is 28.9 Å². The van der Waals surface area contributed by atoms with Gasteiger partial charge in [-0.2, -0.15) is 0 Å². The molecule has 1 aromatic heterocycles. The van der Waals surface area contributed by atoms with Crippen molar-refractivity contribution >= 4 is 39.3 Å². The first-order valence-electron chi connectivity index (χ1n) is 9.76. The van der Waals surface area contributed by atoms with Gasteiger partial charge in [0.25, 0.3) is 0 Å². The zero-order chi connectivity index (χ0) is 23.3. The van der Waals surface area contributed by atoms with E-state index in [4.69, 9.17) is 23.2 Å². The van der Waals surface area contributed by atoms with Crippen molar-refractivity contribution in [2.45, 2.75) is 35.8 Å². The Morgan fingerprint density at radius 2 is 1.69 bits per heavy atom. The van der Waals surface area contributed by atoms with Gasteiger partial charge >= 0.3 is 0 Å². The third kappa shape index (κ3) is 5.52. The Hall–Kier alpha value is -2.35. The van der Waals surface area contributed by atoms with Crippen LogP contribution in [-0.2, 0) is 21.1 Å². The summed E-state index contributed by atoms with van der Waals surface area (Å²) in [5.74, 6) is -1.66. The highest BCUT2D eigenvalue weighted by atomic mass is 35.5. The molecule has 3 rings (SSSR count). The van der Waals surface area contributed by atoms with E-state index in [0.29, 0.717) is 36.4 Å². The van der Waals surface area contributed by atoms with Crippen LogP contribution in [0.5, 0.6) is 0 Å². The molecule has 0 aliphatic heterocycles. The lowest BCUT2D eigenvalue weighted by Crippen LogP contribution is -2.18. The van der Waals surface area contributed by atoms with Gasteiger partial charge in [-0.3, -0.25) is 4.98 Å². The van der Waals surface area contributed by atoms with Crippen LogP contribution in [0.25, 0.3) is 0 Å². The Morgan fingerprint density at radius 3 is 2.38 bits per heavy atom. The summed E-state index contributed by atoms with van der Waals surface area (Å²) in [5.41, 5.74) is 0.259. The molecule has 0 saturated heterocycles. The number of hydrogen-bond acceptors (Lipinski definition) is 4. The molecule has 0 spiro atoms. The van der Waals surface area contributed by atoms with Gasteiger partial charge in [-0.1, -0.05) is 23.2 Å². The van der Waals surface area contributed by atoms with Crippen molar-refractivity contribution in [1.29, 1.82) is 0 Å². The fourth-order valence-electron chi connectivity index (χ4n) is 3.35. The number of nitrogens with zero attached hydrogens (tertiary/aromatic N) is 1. The Bertz CT molecular complexity index is 1220. The van der Waals surface area contributed by atoms with Gasteiger partial charge < -0.3 is 4.79 Å². The van der Waals surface area contributed by atoms with E-state index in [1.54, 1.807) is 0 Å². The van der Waals surface area contributed by atoms with Crippen LogP contribution in [-0.4, -0.2) is 19.7 Å². The van der Waals surface area contributed by atoms with E-state index in [1.165, 1.54) is 36.5 Å². The molecule has 32 heavy (non-hydrogen) atoms. The fraction of sp³-hybridized carbons (Fsp3) is 0.217. The van der Waals surface area contributed by atoms with Crippen LogP contribution in [0.2, 0.25) is 10.0 Å². The highest BCUT2D eigenvalue weighted by Gasteiger charge is 2.35. The third-order valence-electron chi connectivity index (χ3n) is 4.92. The summed E-state index contributed by atoms with van der Waals surface area (Å²) < 4.78 is 56.1. The lowest BCUT2D eigenvalue weighted by molar-refractivity contribution is -0.107. The summed E-state index contributed by atoms with van der Waals surface area (Å²) in [4.78, 5) is 14.6. The number of sulfone groups is 1. The Kier molecular flexibility index (Phi) is 7.98. The number of halogens is 4. The molecule has 4 nitrogen and oxygen atoms in total. The topological polar surface area (TPSA) is 64.1 Å². The van der Waals surface area contributed by atoms with E-state index in [1.807, 2.05) is 0 Å². The number of pyridine rings is 1. The van der Waals surface area contributed by atoms with Crippen LogP contribution >= 0.6 is 23.2 Å². The van der Waals surface area contributed by atoms with Gasteiger partial charge in [0.2, 0.25) is 0 Å². The average molecular weight is 498 g/mol. The van der Waals surface area contributed by atoms with E-state index >= 15 is 0 Å². The molecule has 9 heteroatoms. The number of aromatic nitrogens is 1. The van der Waals surface area contributed by atoms with E-state index in [0.717, 1.165) is 24.5 Å². The van der Waals surface area contributed by atoms with Crippen LogP contribution in [0, 0.1) is 11.6 Å². The maximum atomic E-state index is 14.8. The van der Waals surface area contributed by atoms with Crippen LogP contribution in [0.15, 0.2) is 59.6 Å². The monoisotopic (exact) mass is 497 g/mol. The smallest absolute Gasteiger partial charge is 0.189 e. The van der Waals surface area contributed by atoms with Crippen molar-refractivity contribution in [2.75, 3.05) is 0 Å². The molecular formula is C23H19Cl2F2NO3S. The van der Waals surface area contributed by atoms with Crippen molar-refractivity contribution in [1.82, 2.24) is 4.98 Å². The zero-order valence-electron chi connectivity index (χ0n) is 16.8. The minimum absolute atomic E-state index is 0.00726. The number of rotatable bonds is 9. The SMILES string of the molecule is O=CCCCCc1cc(C(c2cc(F)ccc2F)S(=O)(=O)c2ccc(Cl)cc2)c(Cl)cn1. The second-order valence-electron chi connectivity index (χ2n) is 7.15. The minimum Gasteiger partial charge on any atom is -0.303 e. The molecule has 2 aromatic carbocycles. The van der Waals surface area contributed by atoms with E-state index in [2.05, 4.69) is 4.98 Å². The lowest BCUT2D eigenvalue weighted by atomic mass is 10.0. The minimum atomic E-state index is -4.26. The van der Waals surface area contributed by atoms with Crippen LogP contribution in [0.3, 0.4) is 0 Å². The van der Waals surface area contributed by atoms with Crippen LogP contribution in [0.1, 0.15) is 41.3 Å². The van der Waals surface area contributed by atoms with Crippen LogP contribution in [0.4, 0.5) is 8.78 Å². The third-order valence-corrected chi connectivity index (χ3v) is 7.55. The second kappa shape index (κ2) is 10.5. The number of aryl methyl sites for hydroxylation is 1. The van der Waals surface area contributed by atoms with Crippen molar-refractivity contribution < 1.29 is 22.0 Å². The normalized spacial score (nSPS) is 12.5. The maximum Gasteiger partial charge on any atom is 0.189 e. The van der Waals surface area contributed by atoms with Crippen molar-refractivity contribution in [3.8, 4) is 0 Å². The summed E-state index contributed by atoms with van der Waals surface area (Å²) in [6, 6.07) is 9.55. The summed E-state index contributed by atoms with van der Waals surface area (Å²) in [5, 5.41) is -1.27. The molecule has 0 saturated carbocycles. The molecule has 0 aliphatic rings. The largest absolute Gasteiger partial charge is 0.303 e. The van der Waals surface area contributed by atoms with Crippen molar-refractivity contribution in [3.63, 3.8) is 0 Å². The molecule has 0 aliphatic carbocycles. The predicted octanol–water partition coefficient (Wildman–Crippen LogP) is 6.14. The number of unbranched alkanes of at least 4 members (excludes halogenated alkanes) is 2. The molecule has 1 atom stereocenters. The Balaban J connectivity index is 2.16. The number of benzene rings is 2. The van der Waals surface area contributed by atoms with Gasteiger partial charge in [0.15, 0.2) is 9.84 Å². The standard InChI is InChI=1S/C23H19Cl2F2NO3S/c24-15-5-8-18(9-6-15)32(30,31)23(20-12-16(26)7-10-22(20)27)19-13-17(28-14-21(19)25)4-2-1-3-11-29/h5-14,23H,1-4H2. The van der Waals surface area contributed by atoms with E-state index in [-0.39, 0.29) is 21.0 Å². The number of aldehydes is 1. The molecule has 0 N–H and O–H groups in total. The molecule has 0 radical (unpaired) electrons. The van der Waals surface area contributed by atoms with E-state index < -0.39 is 26.7 Å². The maximum absolute atomic E-state index is 14.8. The second-order valence-corrected chi connectivity index (χ2v) is 10.0. The first-order chi connectivity index (χ1) is 15.2. The van der Waals surface area contributed by atoms with Gasteiger partial charge in [0.1, 0.15) is 23.2 Å². The molecule has 0 amide bonds. The first-order valence-corrected chi connectivity index (χ1v) is 12.1. The fourth-order valence-corrected chi connectivity index (χ4v) is 5.58. The van der Waals surface area contributed by atoms with Crippen LogP contribution < -0.4 is 0 Å². The van der Waals surface area contributed by atoms with Gasteiger partial charge in [-0.15, -0.1) is 0 Å². The number of carbonyl (C=O) groups excluding carboxylic acids is 1. The van der Waals surface area contributed by atoms with Crippen molar-refractivity contribution in [3.05, 3.63) is 93.2 Å². The Labute approximate surface area is 195 Å². The van der Waals surface area contributed by atoms with Gasteiger partial charge in [0.05, 0.1) is 9.92 Å². The summed E-state index contributed by atoms with van der Waals surface area (Å²) in [7, 11) is -4.26. The Morgan fingerprint density at radius 1 is 0.969 bits per heavy atom. The summed E-state index contributed by atoms with van der Waals surface area (Å²) in [6.07, 6.45) is 4.29. The molecule has 0 bridgehead atoms. The molecule has 0 fully saturated rings. The zero-order valence-corrected chi connectivity index (χ0v) is 19.1. The van der Waals surface area contributed by atoms with Gasteiger partial charge in [-0.25, -0.2) is 17.2 Å².